The largest absolute Gasteiger partial charge is 0.381 e. The number of rotatable bonds is 7. The monoisotopic (exact) mass is 349 g/mol. The topological polar surface area (TPSA) is 73.2 Å². The number of hydrogen-bond acceptors (Lipinski definition) is 4. The van der Waals surface area contributed by atoms with Crippen LogP contribution in [0, 0.1) is 5.92 Å². The smallest absolute Gasteiger partial charge is 0.212 e. The Balaban J connectivity index is 1.50. The molecule has 0 bridgehead atoms. The SMILES string of the molecule is O=S(=O)(CC1CCOCC1)NCc1ccc(Cn2cccn2)cc1. The Labute approximate surface area is 142 Å². The van der Waals surface area contributed by atoms with Gasteiger partial charge < -0.3 is 4.74 Å². The number of aromatic nitrogens is 2. The zero-order valence-corrected chi connectivity index (χ0v) is 14.4. The van der Waals surface area contributed by atoms with Gasteiger partial charge in [0.2, 0.25) is 10.0 Å². The molecule has 1 aliphatic rings. The van der Waals surface area contributed by atoms with Gasteiger partial charge in [-0.25, -0.2) is 13.1 Å². The van der Waals surface area contributed by atoms with Crippen molar-refractivity contribution < 1.29 is 13.2 Å². The normalized spacial score (nSPS) is 16.3. The van der Waals surface area contributed by atoms with Gasteiger partial charge in [-0.2, -0.15) is 5.10 Å². The van der Waals surface area contributed by atoms with Gasteiger partial charge in [0.05, 0.1) is 12.3 Å². The lowest BCUT2D eigenvalue weighted by Crippen LogP contribution is -2.31. The van der Waals surface area contributed by atoms with Gasteiger partial charge in [-0.1, -0.05) is 24.3 Å². The molecule has 1 N–H and O–H groups in total. The van der Waals surface area contributed by atoms with Gasteiger partial charge in [0.25, 0.3) is 0 Å². The first-order chi connectivity index (χ1) is 11.6. The third-order valence-corrected chi connectivity index (χ3v) is 5.71. The minimum Gasteiger partial charge on any atom is -0.381 e. The van der Waals surface area contributed by atoms with Crippen LogP contribution in [0.25, 0.3) is 0 Å². The van der Waals surface area contributed by atoms with E-state index >= 15 is 0 Å². The van der Waals surface area contributed by atoms with Crippen molar-refractivity contribution in [2.24, 2.45) is 5.92 Å². The summed E-state index contributed by atoms with van der Waals surface area (Å²) in [6, 6.07) is 9.81. The molecular formula is C17H23N3O3S. The van der Waals surface area contributed by atoms with Crippen molar-refractivity contribution in [2.45, 2.75) is 25.9 Å². The molecule has 2 heterocycles. The molecule has 0 unspecified atom stereocenters. The quantitative estimate of drug-likeness (QED) is 0.827. The maximum absolute atomic E-state index is 12.2. The Morgan fingerprint density at radius 3 is 2.54 bits per heavy atom. The summed E-state index contributed by atoms with van der Waals surface area (Å²) in [5.74, 6) is 0.390. The van der Waals surface area contributed by atoms with Gasteiger partial charge in [-0.15, -0.1) is 0 Å². The molecule has 6 nitrogen and oxygen atoms in total. The molecule has 0 atom stereocenters. The molecule has 0 saturated carbocycles. The van der Waals surface area contributed by atoms with Crippen LogP contribution in [0.4, 0.5) is 0 Å². The Morgan fingerprint density at radius 2 is 1.88 bits per heavy atom. The maximum atomic E-state index is 12.2. The van der Waals surface area contributed by atoms with Crippen molar-refractivity contribution in [1.29, 1.82) is 0 Å². The standard InChI is InChI=1S/C17H23N3O3S/c21-24(22,14-17-6-10-23-11-7-17)19-12-15-2-4-16(5-3-15)13-20-9-1-8-18-20/h1-5,8-9,17,19H,6-7,10-14H2. The Morgan fingerprint density at radius 1 is 1.17 bits per heavy atom. The second-order valence-electron chi connectivity index (χ2n) is 6.18. The van der Waals surface area contributed by atoms with Crippen LogP contribution in [0.2, 0.25) is 0 Å². The van der Waals surface area contributed by atoms with E-state index in [4.69, 9.17) is 4.74 Å². The minimum atomic E-state index is -3.25. The molecule has 2 aromatic rings. The second-order valence-corrected chi connectivity index (χ2v) is 8.03. The fourth-order valence-corrected chi connectivity index (χ4v) is 4.28. The fraction of sp³-hybridized carbons (Fsp3) is 0.471. The van der Waals surface area contributed by atoms with Crippen molar-refractivity contribution in [2.75, 3.05) is 19.0 Å². The van der Waals surface area contributed by atoms with E-state index in [0.29, 0.717) is 26.3 Å². The molecule has 1 aliphatic heterocycles. The van der Waals surface area contributed by atoms with E-state index in [9.17, 15) is 8.42 Å². The minimum absolute atomic E-state index is 0.188. The molecule has 1 aromatic heterocycles. The van der Waals surface area contributed by atoms with Crippen molar-refractivity contribution in [3.63, 3.8) is 0 Å². The summed E-state index contributed by atoms with van der Waals surface area (Å²) in [5.41, 5.74) is 2.09. The highest BCUT2D eigenvalue weighted by molar-refractivity contribution is 7.89. The number of benzene rings is 1. The van der Waals surface area contributed by atoms with Crippen LogP contribution < -0.4 is 4.72 Å². The number of nitrogens with one attached hydrogen (secondary N) is 1. The van der Waals surface area contributed by atoms with E-state index in [2.05, 4.69) is 9.82 Å². The molecule has 7 heteroatoms. The van der Waals surface area contributed by atoms with E-state index in [1.165, 1.54) is 0 Å². The van der Waals surface area contributed by atoms with Gasteiger partial charge in [-0.3, -0.25) is 4.68 Å². The molecule has 1 saturated heterocycles. The van der Waals surface area contributed by atoms with Crippen molar-refractivity contribution >= 4 is 10.0 Å². The van der Waals surface area contributed by atoms with E-state index in [-0.39, 0.29) is 11.7 Å². The predicted molar refractivity (Wildman–Crippen MR) is 91.9 cm³/mol. The van der Waals surface area contributed by atoms with Crippen LogP contribution in [0.3, 0.4) is 0 Å². The third kappa shape index (κ3) is 5.15. The number of ether oxygens (including phenoxy) is 1. The molecule has 3 rings (SSSR count). The summed E-state index contributed by atoms with van der Waals surface area (Å²) in [6.45, 7) is 2.37. The van der Waals surface area contributed by atoms with Crippen molar-refractivity contribution in [3.8, 4) is 0 Å². The Kier molecular flexibility index (Phi) is 5.65. The van der Waals surface area contributed by atoms with E-state index in [1.807, 2.05) is 41.2 Å². The maximum Gasteiger partial charge on any atom is 0.212 e. The third-order valence-electron chi connectivity index (χ3n) is 4.22. The first-order valence-electron chi connectivity index (χ1n) is 8.21. The van der Waals surface area contributed by atoms with Crippen LogP contribution in [0.5, 0.6) is 0 Å². The van der Waals surface area contributed by atoms with Gasteiger partial charge in [0.15, 0.2) is 0 Å². The van der Waals surface area contributed by atoms with E-state index < -0.39 is 10.0 Å². The van der Waals surface area contributed by atoms with Crippen molar-refractivity contribution in [1.82, 2.24) is 14.5 Å². The molecule has 130 valence electrons. The average molecular weight is 349 g/mol. The molecule has 1 fully saturated rings. The molecule has 0 amide bonds. The van der Waals surface area contributed by atoms with Gasteiger partial charge in [-0.05, 0) is 36.0 Å². The fourth-order valence-electron chi connectivity index (χ4n) is 2.82. The number of hydrogen-bond donors (Lipinski definition) is 1. The van der Waals surface area contributed by atoms with Crippen LogP contribution in [0.1, 0.15) is 24.0 Å². The highest BCUT2D eigenvalue weighted by atomic mass is 32.2. The molecular weight excluding hydrogens is 326 g/mol. The Hall–Kier alpha value is -1.70. The second kappa shape index (κ2) is 7.92. The van der Waals surface area contributed by atoms with E-state index in [0.717, 1.165) is 24.0 Å². The summed E-state index contributed by atoms with van der Waals surface area (Å²) >= 11 is 0. The van der Waals surface area contributed by atoms with Gasteiger partial charge in [0, 0.05) is 32.2 Å². The first kappa shape index (κ1) is 17.1. The predicted octanol–water partition coefficient (Wildman–Crippen LogP) is 1.78. The number of nitrogens with zero attached hydrogens (tertiary/aromatic N) is 2. The van der Waals surface area contributed by atoms with Crippen LogP contribution >= 0.6 is 0 Å². The summed E-state index contributed by atoms with van der Waals surface area (Å²) in [7, 11) is -3.25. The molecule has 0 spiro atoms. The van der Waals surface area contributed by atoms with Crippen LogP contribution in [-0.4, -0.2) is 37.2 Å². The zero-order chi connectivity index (χ0) is 16.8. The highest BCUT2D eigenvalue weighted by Gasteiger charge is 2.21. The zero-order valence-electron chi connectivity index (χ0n) is 13.6. The summed E-state index contributed by atoms with van der Waals surface area (Å²) < 4.78 is 34.2. The lowest BCUT2D eigenvalue weighted by Gasteiger charge is -2.21. The van der Waals surface area contributed by atoms with Gasteiger partial charge >= 0.3 is 0 Å². The molecule has 0 aliphatic carbocycles. The molecule has 24 heavy (non-hydrogen) atoms. The van der Waals surface area contributed by atoms with Crippen molar-refractivity contribution in [3.05, 3.63) is 53.9 Å². The summed E-state index contributed by atoms with van der Waals surface area (Å²) in [6.07, 6.45) is 5.31. The first-order valence-corrected chi connectivity index (χ1v) is 9.86. The summed E-state index contributed by atoms with van der Waals surface area (Å²) in [5, 5.41) is 4.17. The van der Waals surface area contributed by atoms with Crippen LogP contribution in [-0.2, 0) is 27.8 Å². The van der Waals surface area contributed by atoms with Crippen LogP contribution in [0.15, 0.2) is 42.7 Å². The Bertz CT molecular complexity index is 721. The average Bonchev–Trinajstić information content (AvgIpc) is 3.08. The number of sulfonamides is 1. The van der Waals surface area contributed by atoms with Gasteiger partial charge in [0.1, 0.15) is 0 Å². The van der Waals surface area contributed by atoms with E-state index in [1.54, 1.807) is 6.20 Å². The highest BCUT2D eigenvalue weighted by Crippen LogP contribution is 2.16. The lowest BCUT2D eigenvalue weighted by molar-refractivity contribution is 0.0723. The lowest BCUT2D eigenvalue weighted by atomic mass is 10.0. The molecule has 0 radical (unpaired) electrons. The molecule has 1 aromatic carbocycles. The summed E-state index contributed by atoms with van der Waals surface area (Å²) in [4.78, 5) is 0.